The predicted octanol–water partition coefficient (Wildman–Crippen LogP) is 5.17. The molecule has 0 aliphatic heterocycles. The molecule has 0 unspecified atom stereocenters. The molecule has 3 aromatic rings. The third-order valence-corrected chi connectivity index (χ3v) is 4.00. The number of hydrogen-bond donors (Lipinski definition) is 0. The molecule has 0 amide bonds. The van der Waals surface area contributed by atoms with Crippen LogP contribution in [-0.4, -0.2) is 23.7 Å². The Labute approximate surface area is 153 Å². The Kier molecular flexibility index (Phi) is 4.68. The normalized spacial score (nSPS) is 11.4. The molecule has 4 heteroatoms. The first-order chi connectivity index (χ1) is 12.3. The smallest absolute Gasteiger partial charge is 0.337 e. The summed E-state index contributed by atoms with van der Waals surface area (Å²) in [6.45, 7) is 7.98. The van der Waals surface area contributed by atoms with Gasteiger partial charge in [0.05, 0.1) is 12.7 Å². The molecule has 1 aromatic heterocycles. The molecule has 26 heavy (non-hydrogen) atoms. The maximum atomic E-state index is 12.0. The maximum absolute atomic E-state index is 12.0. The number of fused-ring (bicyclic) bond motifs is 1. The summed E-state index contributed by atoms with van der Waals surface area (Å²) in [4.78, 5) is 16.5. The minimum absolute atomic E-state index is 0.380. The largest absolute Gasteiger partial charge is 0.471 e. The fourth-order valence-electron chi connectivity index (χ4n) is 2.88. The summed E-state index contributed by atoms with van der Waals surface area (Å²) >= 11 is 0. The molecule has 0 aliphatic rings. The van der Waals surface area contributed by atoms with Crippen molar-refractivity contribution in [2.45, 2.75) is 33.3 Å². The van der Waals surface area contributed by atoms with Crippen LogP contribution in [0.3, 0.4) is 0 Å². The first-order valence-corrected chi connectivity index (χ1v) is 8.55. The summed E-state index contributed by atoms with van der Waals surface area (Å²) in [7, 11) is 1.38. The van der Waals surface area contributed by atoms with Gasteiger partial charge in [-0.25, -0.2) is 9.78 Å². The van der Waals surface area contributed by atoms with E-state index in [1.807, 2.05) is 39.1 Å². The number of pyridine rings is 1. The van der Waals surface area contributed by atoms with Crippen molar-refractivity contribution in [1.82, 2.24) is 4.98 Å². The van der Waals surface area contributed by atoms with Gasteiger partial charge in [-0.3, -0.25) is 0 Å². The molecule has 0 atom stereocenters. The van der Waals surface area contributed by atoms with E-state index in [4.69, 9.17) is 9.47 Å². The molecule has 3 rings (SSSR count). The van der Waals surface area contributed by atoms with Crippen molar-refractivity contribution >= 4 is 16.7 Å². The lowest BCUT2D eigenvalue weighted by atomic mass is 9.98. The molecule has 1 heterocycles. The molecule has 0 aliphatic carbocycles. The van der Waals surface area contributed by atoms with Crippen LogP contribution in [0.2, 0.25) is 0 Å². The van der Waals surface area contributed by atoms with Crippen molar-refractivity contribution < 1.29 is 14.3 Å². The molecule has 0 spiro atoms. The molecular weight excluding hydrogens is 326 g/mol. The summed E-state index contributed by atoms with van der Waals surface area (Å²) in [5.41, 5.74) is 3.34. The Hall–Kier alpha value is -2.88. The Bertz CT molecular complexity index is 971. The van der Waals surface area contributed by atoms with Crippen LogP contribution in [0.1, 0.15) is 36.7 Å². The van der Waals surface area contributed by atoms with Crippen molar-refractivity contribution in [3.05, 3.63) is 59.8 Å². The SMILES string of the molecule is COC(=O)c1ccc2c(-c3cccc(C)c3)cnc(OC(C)(C)C)c2c1. The van der Waals surface area contributed by atoms with Crippen molar-refractivity contribution in [3.63, 3.8) is 0 Å². The zero-order valence-electron chi connectivity index (χ0n) is 15.8. The highest BCUT2D eigenvalue weighted by Crippen LogP contribution is 2.35. The second kappa shape index (κ2) is 6.79. The van der Waals surface area contributed by atoms with Gasteiger partial charge in [-0.1, -0.05) is 35.9 Å². The highest BCUT2D eigenvalue weighted by Gasteiger charge is 2.18. The first-order valence-electron chi connectivity index (χ1n) is 8.55. The van der Waals surface area contributed by atoms with E-state index < -0.39 is 5.60 Å². The van der Waals surface area contributed by atoms with E-state index >= 15 is 0 Å². The number of ether oxygens (including phenoxy) is 2. The quantitative estimate of drug-likeness (QED) is 0.612. The minimum atomic E-state index is -0.397. The lowest BCUT2D eigenvalue weighted by Gasteiger charge is -2.22. The number of esters is 1. The second-order valence-electron chi connectivity index (χ2n) is 7.31. The monoisotopic (exact) mass is 349 g/mol. The number of carbonyl (C=O) groups excluding carboxylic acids is 1. The van der Waals surface area contributed by atoms with E-state index in [-0.39, 0.29) is 5.97 Å². The van der Waals surface area contributed by atoms with E-state index in [0.717, 1.165) is 21.9 Å². The van der Waals surface area contributed by atoms with Gasteiger partial charge in [-0.15, -0.1) is 0 Å². The van der Waals surface area contributed by atoms with Gasteiger partial charge >= 0.3 is 5.97 Å². The van der Waals surface area contributed by atoms with Crippen molar-refractivity contribution in [1.29, 1.82) is 0 Å². The van der Waals surface area contributed by atoms with E-state index in [0.29, 0.717) is 11.4 Å². The van der Waals surface area contributed by atoms with Crippen LogP contribution in [0, 0.1) is 6.92 Å². The number of benzene rings is 2. The highest BCUT2D eigenvalue weighted by molar-refractivity contribution is 6.03. The molecule has 2 aromatic carbocycles. The number of carbonyl (C=O) groups is 1. The molecule has 134 valence electrons. The Morgan fingerprint density at radius 3 is 2.46 bits per heavy atom. The third kappa shape index (κ3) is 3.69. The van der Waals surface area contributed by atoms with Crippen LogP contribution in [0.5, 0.6) is 5.88 Å². The Balaban J connectivity index is 2.26. The number of hydrogen-bond acceptors (Lipinski definition) is 4. The van der Waals surface area contributed by atoms with Gasteiger partial charge in [0.1, 0.15) is 5.60 Å². The zero-order valence-corrected chi connectivity index (χ0v) is 15.8. The lowest BCUT2D eigenvalue weighted by molar-refractivity contribution is 0.0601. The topological polar surface area (TPSA) is 48.4 Å². The molecule has 0 saturated carbocycles. The lowest BCUT2D eigenvalue weighted by Crippen LogP contribution is -2.23. The number of methoxy groups -OCH3 is 1. The van der Waals surface area contributed by atoms with Crippen LogP contribution in [0.25, 0.3) is 21.9 Å². The zero-order chi connectivity index (χ0) is 18.9. The minimum Gasteiger partial charge on any atom is -0.471 e. The van der Waals surface area contributed by atoms with Gasteiger partial charge in [-0.2, -0.15) is 0 Å². The van der Waals surface area contributed by atoms with Crippen molar-refractivity contribution in [3.8, 4) is 17.0 Å². The molecule has 0 fully saturated rings. The number of rotatable bonds is 3. The fraction of sp³-hybridized carbons (Fsp3) is 0.273. The standard InChI is InChI=1S/C22H23NO3/c1-14-7-6-8-15(11-14)19-13-23-20(26-22(2,3)4)18-12-16(21(24)25-5)9-10-17(18)19/h6-13H,1-5H3. The maximum Gasteiger partial charge on any atom is 0.337 e. The average molecular weight is 349 g/mol. The van der Waals surface area contributed by atoms with Crippen LogP contribution in [0.15, 0.2) is 48.7 Å². The summed E-state index contributed by atoms with van der Waals surface area (Å²) in [5, 5.41) is 1.78. The van der Waals surface area contributed by atoms with Crippen LogP contribution in [0.4, 0.5) is 0 Å². The van der Waals surface area contributed by atoms with Crippen molar-refractivity contribution in [2.24, 2.45) is 0 Å². The fourth-order valence-corrected chi connectivity index (χ4v) is 2.88. The average Bonchev–Trinajstić information content (AvgIpc) is 2.59. The van der Waals surface area contributed by atoms with E-state index in [9.17, 15) is 4.79 Å². The van der Waals surface area contributed by atoms with Crippen molar-refractivity contribution in [2.75, 3.05) is 7.11 Å². The summed E-state index contributed by atoms with van der Waals surface area (Å²) in [6, 6.07) is 13.8. The second-order valence-corrected chi connectivity index (χ2v) is 7.31. The van der Waals surface area contributed by atoms with E-state index in [2.05, 4.69) is 30.1 Å². The third-order valence-electron chi connectivity index (χ3n) is 4.00. The van der Waals surface area contributed by atoms with Crippen LogP contribution in [-0.2, 0) is 4.74 Å². The molecular formula is C22H23NO3. The molecule has 0 saturated heterocycles. The molecule has 4 nitrogen and oxygen atoms in total. The Morgan fingerprint density at radius 2 is 1.81 bits per heavy atom. The van der Waals surface area contributed by atoms with E-state index in [1.54, 1.807) is 12.1 Å². The predicted molar refractivity (Wildman–Crippen MR) is 104 cm³/mol. The van der Waals surface area contributed by atoms with Crippen LogP contribution >= 0.6 is 0 Å². The van der Waals surface area contributed by atoms with Gasteiger partial charge in [0.2, 0.25) is 5.88 Å². The Morgan fingerprint density at radius 1 is 1.04 bits per heavy atom. The number of aryl methyl sites for hydroxylation is 1. The number of nitrogens with zero attached hydrogens (tertiary/aromatic N) is 1. The summed E-state index contributed by atoms with van der Waals surface area (Å²) < 4.78 is 10.9. The van der Waals surface area contributed by atoms with Crippen LogP contribution < -0.4 is 4.74 Å². The van der Waals surface area contributed by atoms with Gasteiger partial charge in [0.15, 0.2) is 0 Å². The van der Waals surface area contributed by atoms with Gasteiger partial charge < -0.3 is 9.47 Å². The van der Waals surface area contributed by atoms with Gasteiger partial charge in [-0.05, 0) is 50.8 Å². The van der Waals surface area contributed by atoms with Gasteiger partial charge in [0, 0.05) is 17.1 Å². The van der Waals surface area contributed by atoms with Gasteiger partial charge in [0.25, 0.3) is 0 Å². The van der Waals surface area contributed by atoms with E-state index in [1.165, 1.54) is 12.7 Å². The number of aromatic nitrogens is 1. The summed E-state index contributed by atoms with van der Waals surface area (Å²) in [5.74, 6) is 0.129. The molecule has 0 radical (unpaired) electrons. The highest BCUT2D eigenvalue weighted by atomic mass is 16.5. The molecule has 0 bridgehead atoms. The summed E-state index contributed by atoms with van der Waals surface area (Å²) in [6.07, 6.45) is 1.83. The first kappa shape index (κ1) is 17.9. The molecule has 0 N–H and O–H groups in total.